The van der Waals surface area contributed by atoms with Gasteiger partial charge in [-0.05, 0) is 31.4 Å². The molecular formula is C17H16N6O2. The molecule has 0 saturated carbocycles. The van der Waals surface area contributed by atoms with Crippen LogP contribution in [0.15, 0.2) is 47.6 Å². The van der Waals surface area contributed by atoms with E-state index in [9.17, 15) is 4.79 Å². The molecule has 1 saturated heterocycles. The molecule has 0 bridgehead atoms. The first-order valence-electron chi connectivity index (χ1n) is 8.14. The molecule has 3 aromatic rings. The molecule has 8 nitrogen and oxygen atoms in total. The van der Waals surface area contributed by atoms with Gasteiger partial charge in [0, 0.05) is 36.9 Å². The first-order valence-corrected chi connectivity index (χ1v) is 8.14. The number of aromatic nitrogens is 5. The van der Waals surface area contributed by atoms with Crippen LogP contribution in [0, 0.1) is 0 Å². The number of pyridine rings is 1. The third-order valence-corrected chi connectivity index (χ3v) is 4.21. The number of hydrogen-bond acceptors (Lipinski definition) is 7. The van der Waals surface area contributed by atoms with E-state index in [4.69, 9.17) is 4.52 Å². The number of rotatable bonds is 3. The van der Waals surface area contributed by atoms with Crippen molar-refractivity contribution >= 4 is 5.91 Å². The van der Waals surface area contributed by atoms with Crippen molar-refractivity contribution in [2.75, 3.05) is 6.54 Å². The van der Waals surface area contributed by atoms with E-state index in [0.717, 1.165) is 24.8 Å². The molecule has 8 heteroatoms. The average Bonchev–Trinajstić information content (AvgIpc) is 3.19. The van der Waals surface area contributed by atoms with Crippen LogP contribution in [0.25, 0.3) is 11.4 Å². The van der Waals surface area contributed by atoms with Gasteiger partial charge in [0.15, 0.2) is 0 Å². The van der Waals surface area contributed by atoms with Gasteiger partial charge in [-0.3, -0.25) is 14.8 Å². The number of hydrogen-bond donors (Lipinski definition) is 0. The number of carbonyl (C=O) groups is 1. The van der Waals surface area contributed by atoms with Crippen LogP contribution in [0.2, 0.25) is 0 Å². The molecule has 1 amide bonds. The topological polar surface area (TPSA) is 97.9 Å². The molecule has 4 heterocycles. The maximum absolute atomic E-state index is 12.8. The van der Waals surface area contributed by atoms with E-state index in [-0.39, 0.29) is 11.9 Å². The molecule has 0 radical (unpaired) electrons. The van der Waals surface area contributed by atoms with Gasteiger partial charge in [-0.25, -0.2) is 4.98 Å². The molecule has 4 rings (SSSR count). The maximum atomic E-state index is 12.8. The lowest BCUT2D eigenvalue weighted by atomic mass is 10.0. The fourth-order valence-corrected chi connectivity index (χ4v) is 2.98. The first kappa shape index (κ1) is 15.4. The minimum Gasteiger partial charge on any atom is -0.337 e. The van der Waals surface area contributed by atoms with Gasteiger partial charge in [-0.1, -0.05) is 5.16 Å². The third kappa shape index (κ3) is 3.10. The van der Waals surface area contributed by atoms with Crippen LogP contribution in [0.5, 0.6) is 0 Å². The van der Waals surface area contributed by atoms with Gasteiger partial charge in [-0.15, -0.1) is 0 Å². The highest BCUT2D eigenvalue weighted by Gasteiger charge is 2.33. The van der Waals surface area contributed by atoms with E-state index in [1.54, 1.807) is 23.5 Å². The fourth-order valence-electron chi connectivity index (χ4n) is 2.98. The summed E-state index contributed by atoms with van der Waals surface area (Å²) >= 11 is 0. The number of nitrogens with zero attached hydrogens (tertiary/aromatic N) is 6. The lowest BCUT2D eigenvalue weighted by Gasteiger charge is -2.33. The van der Waals surface area contributed by atoms with Crippen molar-refractivity contribution in [3.8, 4) is 11.4 Å². The summed E-state index contributed by atoms with van der Waals surface area (Å²) in [5, 5.41) is 4.05. The Labute approximate surface area is 143 Å². The minimum absolute atomic E-state index is 0.165. The number of piperidine rings is 1. The van der Waals surface area contributed by atoms with Crippen molar-refractivity contribution < 1.29 is 9.32 Å². The Morgan fingerprint density at radius 3 is 2.80 bits per heavy atom. The third-order valence-electron chi connectivity index (χ3n) is 4.21. The summed E-state index contributed by atoms with van der Waals surface area (Å²) < 4.78 is 5.46. The predicted octanol–water partition coefficient (Wildman–Crippen LogP) is 2.29. The van der Waals surface area contributed by atoms with Crippen LogP contribution in [-0.2, 0) is 0 Å². The van der Waals surface area contributed by atoms with Crippen molar-refractivity contribution in [3.63, 3.8) is 0 Å². The summed E-state index contributed by atoms with van der Waals surface area (Å²) in [4.78, 5) is 31.1. The molecule has 0 spiro atoms. The second-order valence-corrected chi connectivity index (χ2v) is 5.79. The van der Waals surface area contributed by atoms with Gasteiger partial charge >= 0.3 is 0 Å². The van der Waals surface area contributed by atoms with Crippen LogP contribution in [-0.4, -0.2) is 42.4 Å². The van der Waals surface area contributed by atoms with Crippen LogP contribution in [0.3, 0.4) is 0 Å². The van der Waals surface area contributed by atoms with Gasteiger partial charge in [0.25, 0.3) is 5.91 Å². The van der Waals surface area contributed by atoms with Gasteiger partial charge in [0.05, 0.1) is 6.20 Å². The van der Waals surface area contributed by atoms with Crippen molar-refractivity contribution in [3.05, 3.63) is 54.7 Å². The molecule has 1 fully saturated rings. The highest BCUT2D eigenvalue weighted by atomic mass is 16.5. The molecule has 0 N–H and O–H groups in total. The van der Waals surface area contributed by atoms with E-state index in [0.29, 0.717) is 24.0 Å². The smallest absolute Gasteiger partial charge is 0.274 e. The molecule has 1 aliphatic heterocycles. The van der Waals surface area contributed by atoms with Crippen LogP contribution >= 0.6 is 0 Å². The van der Waals surface area contributed by atoms with Gasteiger partial charge in [0.1, 0.15) is 11.7 Å². The molecule has 0 aromatic carbocycles. The zero-order valence-electron chi connectivity index (χ0n) is 13.4. The van der Waals surface area contributed by atoms with Crippen LogP contribution in [0.4, 0.5) is 0 Å². The SMILES string of the molecule is O=C(c1cnccn1)N1CCCC[C@@H]1c1nc(-c2ccncc2)no1. The van der Waals surface area contributed by atoms with Gasteiger partial charge < -0.3 is 9.42 Å². The van der Waals surface area contributed by atoms with E-state index >= 15 is 0 Å². The molecule has 3 aromatic heterocycles. The van der Waals surface area contributed by atoms with Crippen LogP contribution < -0.4 is 0 Å². The van der Waals surface area contributed by atoms with Crippen molar-refractivity contribution in [1.29, 1.82) is 0 Å². The Hall–Kier alpha value is -3.16. The standard InChI is InChI=1S/C17H16N6O2/c24-17(13-11-19-8-9-20-13)23-10-2-1-3-14(23)16-21-15(22-25-16)12-4-6-18-7-5-12/h4-9,11,14H,1-3,10H2/t14-/m1/s1. The Morgan fingerprint density at radius 2 is 2.00 bits per heavy atom. The largest absolute Gasteiger partial charge is 0.337 e. The second-order valence-electron chi connectivity index (χ2n) is 5.79. The number of amides is 1. The molecular weight excluding hydrogens is 320 g/mol. The molecule has 0 aliphatic carbocycles. The minimum atomic E-state index is -0.244. The normalized spacial score (nSPS) is 17.4. The maximum Gasteiger partial charge on any atom is 0.274 e. The number of carbonyl (C=O) groups excluding carboxylic acids is 1. The van der Waals surface area contributed by atoms with Crippen molar-refractivity contribution in [2.45, 2.75) is 25.3 Å². The average molecular weight is 336 g/mol. The second kappa shape index (κ2) is 6.76. The number of likely N-dealkylation sites (tertiary alicyclic amines) is 1. The zero-order chi connectivity index (χ0) is 17.1. The molecule has 1 aliphatic rings. The molecule has 0 unspecified atom stereocenters. The van der Waals surface area contributed by atoms with Gasteiger partial charge in [-0.2, -0.15) is 4.98 Å². The summed E-state index contributed by atoms with van der Waals surface area (Å²) in [5.41, 5.74) is 1.15. The molecule has 1 atom stereocenters. The molecule has 126 valence electrons. The quantitative estimate of drug-likeness (QED) is 0.723. The Kier molecular flexibility index (Phi) is 4.16. The monoisotopic (exact) mass is 336 g/mol. The summed E-state index contributed by atoms with van der Waals surface area (Å²) in [5.74, 6) is 0.778. The highest BCUT2D eigenvalue weighted by molar-refractivity contribution is 5.92. The van der Waals surface area contributed by atoms with Crippen LogP contribution in [0.1, 0.15) is 41.7 Å². The lowest BCUT2D eigenvalue weighted by molar-refractivity contribution is 0.0555. The summed E-state index contributed by atoms with van der Waals surface area (Å²) in [6.45, 7) is 0.632. The van der Waals surface area contributed by atoms with Crippen molar-refractivity contribution in [1.82, 2.24) is 30.0 Å². The van der Waals surface area contributed by atoms with Crippen molar-refractivity contribution in [2.24, 2.45) is 0 Å². The van der Waals surface area contributed by atoms with E-state index in [1.807, 2.05) is 12.1 Å². The molecule has 25 heavy (non-hydrogen) atoms. The van der Waals surface area contributed by atoms with E-state index in [1.165, 1.54) is 12.4 Å². The Morgan fingerprint density at radius 1 is 1.12 bits per heavy atom. The lowest BCUT2D eigenvalue weighted by Crippen LogP contribution is -2.39. The summed E-state index contributed by atoms with van der Waals surface area (Å²) in [7, 11) is 0. The zero-order valence-corrected chi connectivity index (χ0v) is 13.4. The van der Waals surface area contributed by atoms with E-state index in [2.05, 4.69) is 25.1 Å². The Balaban J connectivity index is 1.62. The fraction of sp³-hybridized carbons (Fsp3) is 0.294. The predicted molar refractivity (Wildman–Crippen MR) is 87.2 cm³/mol. The Bertz CT molecular complexity index is 852. The van der Waals surface area contributed by atoms with E-state index < -0.39 is 0 Å². The summed E-state index contributed by atoms with van der Waals surface area (Å²) in [6, 6.07) is 3.39. The first-order chi connectivity index (χ1) is 12.3. The summed E-state index contributed by atoms with van der Waals surface area (Å²) in [6.07, 6.45) is 10.6. The van der Waals surface area contributed by atoms with Gasteiger partial charge in [0.2, 0.25) is 11.7 Å². The highest BCUT2D eigenvalue weighted by Crippen LogP contribution is 2.31.